The van der Waals surface area contributed by atoms with E-state index in [1.807, 2.05) is 35.3 Å². The highest BCUT2D eigenvalue weighted by molar-refractivity contribution is 9.10. The lowest BCUT2D eigenvalue weighted by Gasteiger charge is -2.15. The standard InChI is InChI=1S/C21H16BrN3O/c1-26-19-10-16-15(9-18(19)21(22)7-8-21)11-23-20-17(16)12-24-25(20)13-14-5-3-2-4-6-14/h2-12H,13H2,1H3. The Labute approximate surface area is 159 Å². The molecular formula is C21H16BrN3O. The number of rotatable bonds is 4. The van der Waals surface area contributed by atoms with Gasteiger partial charge in [0.05, 0.1) is 24.2 Å². The smallest absolute Gasteiger partial charge is 0.158 e. The van der Waals surface area contributed by atoms with E-state index >= 15 is 0 Å². The lowest BCUT2D eigenvalue weighted by molar-refractivity contribution is 0.410. The van der Waals surface area contributed by atoms with E-state index < -0.39 is 0 Å². The molecule has 4 nitrogen and oxygen atoms in total. The molecule has 26 heavy (non-hydrogen) atoms. The molecule has 0 bridgehead atoms. The third-order valence-electron chi connectivity index (χ3n) is 4.85. The monoisotopic (exact) mass is 405 g/mol. The van der Waals surface area contributed by atoms with Gasteiger partial charge in [0.2, 0.25) is 0 Å². The van der Waals surface area contributed by atoms with Gasteiger partial charge in [-0.15, -0.1) is 0 Å². The van der Waals surface area contributed by atoms with Gasteiger partial charge in [-0.3, -0.25) is 0 Å². The van der Waals surface area contributed by atoms with E-state index in [-0.39, 0.29) is 4.32 Å². The molecule has 0 saturated carbocycles. The van der Waals surface area contributed by atoms with Crippen molar-refractivity contribution in [1.29, 1.82) is 0 Å². The number of fused-ring (bicyclic) bond motifs is 3. The van der Waals surface area contributed by atoms with Gasteiger partial charge < -0.3 is 4.74 Å². The largest absolute Gasteiger partial charge is 0.496 e. The second kappa shape index (κ2) is 5.68. The van der Waals surface area contributed by atoms with Crippen LogP contribution in [0.15, 0.2) is 67.0 Å². The Morgan fingerprint density at radius 3 is 2.62 bits per heavy atom. The van der Waals surface area contributed by atoms with E-state index in [1.54, 1.807) is 7.11 Å². The maximum absolute atomic E-state index is 5.65. The summed E-state index contributed by atoms with van der Waals surface area (Å²) >= 11 is 3.74. The van der Waals surface area contributed by atoms with Gasteiger partial charge in [0.1, 0.15) is 5.75 Å². The van der Waals surface area contributed by atoms with Crippen LogP contribution in [-0.4, -0.2) is 21.9 Å². The highest BCUT2D eigenvalue weighted by Crippen LogP contribution is 2.49. The van der Waals surface area contributed by atoms with Crippen molar-refractivity contribution in [2.24, 2.45) is 0 Å². The summed E-state index contributed by atoms with van der Waals surface area (Å²) in [5.74, 6) is 0.864. The van der Waals surface area contributed by atoms with Crippen molar-refractivity contribution < 1.29 is 4.74 Å². The summed E-state index contributed by atoms with van der Waals surface area (Å²) in [5.41, 5.74) is 3.19. The summed E-state index contributed by atoms with van der Waals surface area (Å²) in [6, 6.07) is 14.5. The average molecular weight is 406 g/mol. The molecule has 2 aromatic heterocycles. The molecule has 2 heterocycles. The van der Waals surface area contributed by atoms with Crippen LogP contribution in [0.1, 0.15) is 11.1 Å². The lowest BCUT2D eigenvalue weighted by atomic mass is 10.0. The summed E-state index contributed by atoms with van der Waals surface area (Å²) in [5, 5.41) is 7.80. The molecule has 2 aromatic carbocycles. The number of pyridine rings is 1. The van der Waals surface area contributed by atoms with Crippen molar-refractivity contribution in [1.82, 2.24) is 14.8 Å². The van der Waals surface area contributed by atoms with Crippen molar-refractivity contribution >= 4 is 37.7 Å². The third kappa shape index (κ3) is 2.42. The van der Waals surface area contributed by atoms with Crippen LogP contribution >= 0.6 is 15.9 Å². The van der Waals surface area contributed by atoms with Gasteiger partial charge in [-0.1, -0.05) is 58.4 Å². The van der Waals surface area contributed by atoms with Crippen LogP contribution in [0.25, 0.3) is 21.8 Å². The van der Waals surface area contributed by atoms with E-state index in [4.69, 9.17) is 4.74 Å². The van der Waals surface area contributed by atoms with E-state index in [0.29, 0.717) is 6.54 Å². The lowest BCUT2D eigenvalue weighted by Crippen LogP contribution is -2.03. The number of hydrogen-bond acceptors (Lipinski definition) is 3. The van der Waals surface area contributed by atoms with Crippen LogP contribution in [0.5, 0.6) is 5.75 Å². The summed E-state index contributed by atoms with van der Waals surface area (Å²) in [7, 11) is 1.71. The first kappa shape index (κ1) is 15.6. The van der Waals surface area contributed by atoms with Gasteiger partial charge >= 0.3 is 0 Å². The fourth-order valence-corrected chi connectivity index (χ4v) is 3.81. The zero-order chi connectivity index (χ0) is 17.7. The summed E-state index contributed by atoms with van der Waals surface area (Å²) in [6.45, 7) is 0.701. The van der Waals surface area contributed by atoms with Crippen molar-refractivity contribution in [2.75, 3.05) is 7.11 Å². The van der Waals surface area contributed by atoms with Crippen LogP contribution in [0.2, 0.25) is 0 Å². The molecule has 4 aromatic rings. The Bertz CT molecular complexity index is 1160. The first-order valence-corrected chi connectivity index (χ1v) is 9.23. The zero-order valence-corrected chi connectivity index (χ0v) is 15.8. The fraction of sp³-hybridized carbons (Fsp3) is 0.143. The topological polar surface area (TPSA) is 39.9 Å². The number of halogens is 1. The van der Waals surface area contributed by atoms with Crippen LogP contribution < -0.4 is 4.74 Å². The summed E-state index contributed by atoms with van der Waals surface area (Å²) in [6.07, 6.45) is 8.04. The van der Waals surface area contributed by atoms with Gasteiger partial charge in [0.25, 0.3) is 0 Å². The number of aromatic nitrogens is 3. The molecule has 0 aliphatic heterocycles. The number of hydrogen-bond donors (Lipinski definition) is 0. The number of allylic oxidation sites excluding steroid dienone is 2. The number of benzene rings is 2. The minimum atomic E-state index is -0.182. The maximum atomic E-state index is 5.65. The maximum Gasteiger partial charge on any atom is 0.158 e. The molecular weight excluding hydrogens is 390 g/mol. The highest BCUT2D eigenvalue weighted by Gasteiger charge is 2.35. The highest BCUT2D eigenvalue weighted by atomic mass is 79.9. The van der Waals surface area contributed by atoms with E-state index in [1.165, 1.54) is 5.56 Å². The van der Waals surface area contributed by atoms with Crippen LogP contribution in [0, 0.1) is 0 Å². The van der Waals surface area contributed by atoms with Gasteiger partial charge in [0.15, 0.2) is 5.65 Å². The quantitative estimate of drug-likeness (QED) is 0.361. The Morgan fingerprint density at radius 1 is 1.08 bits per heavy atom. The summed E-state index contributed by atoms with van der Waals surface area (Å²) in [4.78, 5) is 4.69. The molecule has 0 atom stereocenters. The predicted molar refractivity (Wildman–Crippen MR) is 107 cm³/mol. The zero-order valence-electron chi connectivity index (χ0n) is 14.2. The molecule has 0 unspecified atom stereocenters. The van der Waals surface area contributed by atoms with Gasteiger partial charge in [0, 0.05) is 22.5 Å². The number of methoxy groups -OCH3 is 1. The second-order valence-electron chi connectivity index (χ2n) is 6.52. The van der Waals surface area contributed by atoms with Crippen LogP contribution in [-0.2, 0) is 10.9 Å². The molecule has 0 amide bonds. The molecule has 0 saturated heterocycles. The van der Waals surface area contributed by atoms with Gasteiger partial charge in [-0.2, -0.15) is 5.10 Å². The minimum absolute atomic E-state index is 0.182. The van der Waals surface area contributed by atoms with Crippen molar-refractivity contribution in [2.45, 2.75) is 10.9 Å². The first-order chi connectivity index (χ1) is 12.7. The van der Waals surface area contributed by atoms with Crippen molar-refractivity contribution in [3.8, 4) is 5.75 Å². The summed E-state index contributed by atoms with van der Waals surface area (Å²) < 4.78 is 7.42. The van der Waals surface area contributed by atoms with E-state index in [0.717, 1.165) is 33.1 Å². The Morgan fingerprint density at radius 2 is 1.88 bits per heavy atom. The van der Waals surface area contributed by atoms with Crippen LogP contribution in [0.3, 0.4) is 0 Å². The average Bonchev–Trinajstić information content (AvgIpc) is 3.30. The first-order valence-electron chi connectivity index (χ1n) is 8.44. The Hall–Kier alpha value is -2.66. The molecule has 0 fully saturated rings. The molecule has 5 rings (SSSR count). The van der Waals surface area contributed by atoms with Gasteiger partial charge in [-0.05, 0) is 23.1 Å². The Kier molecular flexibility index (Phi) is 3.40. The molecule has 5 heteroatoms. The number of ether oxygens (including phenoxy) is 1. The van der Waals surface area contributed by atoms with Crippen LogP contribution in [0.4, 0.5) is 0 Å². The third-order valence-corrected chi connectivity index (χ3v) is 5.80. The molecule has 1 aliphatic carbocycles. The number of alkyl halides is 1. The molecule has 1 aliphatic rings. The number of nitrogens with zero attached hydrogens (tertiary/aromatic N) is 3. The molecule has 128 valence electrons. The minimum Gasteiger partial charge on any atom is -0.496 e. The molecule has 0 radical (unpaired) electrons. The SMILES string of the molecule is COc1cc2c(cnc3c2cnn3Cc2ccccc2)cc1C1(Br)C=C1. The second-order valence-corrected chi connectivity index (χ2v) is 7.84. The van der Waals surface area contributed by atoms with E-state index in [2.05, 4.69) is 62.4 Å². The molecule has 0 N–H and O–H groups in total. The Balaban J connectivity index is 1.66. The van der Waals surface area contributed by atoms with E-state index in [9.17, 15) is 0 Å². The predicted octanol–water partition coefficient (Wildman–Crippen LogP) is 4.80. The molecule has 0 spiro atoms. The van der Waals surface area contributed by atoms with Gasteiger partial charge in [-0.25, -0.2) is 9.67 Å². The fourth-order valence-electron chi connectivity index (χ4n) is 3.37. The normalized spacial score (nSPS) is 14.8. The van der Waals surface area contributed by atoms with Crippen molar-refractivity contribution in [3.05, 3.63) is 78.1 Å². The van der Waals surface area contributed by atoms with Crippen molar-refractivity contribution in [3.63, 3.8) is 0 Å².